The molecule has 28 heavy (non-hydrogen) atoms. The topological polar surface area (TPSA) is 105 Å². The van der Waals surface area contributed by atoms with Crippen LogP contribution >= 0.6 is 0 Å². The maximum Gasteiger partial charge on any atom is 0.311 e. The van der Waals surface area contributed by atoms with Crippen molar-refractivity contribution in [2.45, 2.75) is 44.0 Å². The molecule has 3 rings (SSSR count). The van der Waals surface area contributed by atoms with Crippen LogP contribution in [0.1, 0.15) is 39.2 Å². The van der Waals surface area contributed by atoms with Crippen molar-refractivity contribution in [1.29, 1.82) is 0 Å². The summed E-state index contributed by atoms with van der Waals surface area (Å²) in [5.41, 5.74) is 0.158. The van der Waals surface area contributed by atoms with Gasteiger partial charge in [-0.25, -0.2) is 0 Å². The highest BCUT2D eigenvalue weighted by molar-refractivity contribution is 7.90. The van der Waals surface area contributed by atoms with Gasteiger partial charge in [0.2, 0.25) is 0 Å². The maximum absolute atomic E-state index is 12.4. The lowest BCUT2D eigenvalue weighted by Crippen LogP contribution is -2.45. The minimum Gasteiger partial charge on any atom is -0.455 e. The summed E-state index contributed by atoms with van der Waals surface area (Å²) < 4.78 is 33.6. The van der Waals surface area contributed by atoms with Gasteiger partial charge in [-0.15, -0.1) is 4.40 Å². The van der Waals surface area contributed by atoms with E-state index in [1.807, 2.05) is 25.7 Å². The maximum atomic E-state index is 12.4. The van der Waals surface area contributed by atoms with Gasteiger partial charge in [-0.1, -0.05) is 12.1 Å². The van der Waals surface area contributed by atoms with Crippen LogP contribution in [0, 0.1) is 5.92 Å². The van der Waals surface area contributed by atoms with Gasteiger partial charge < -0.3 is 15.0 Å². The Balaban J connectivity index is 1.65. The highest BCUT2D eigenvalue weighted by Gasteiger charge is 2.35. The highest BCUT2D eigenvalue weighted by Crippen LogP contribution is 2.29. The SMILES string of the molecule is CC(C)(C)NC(=O)COC(=O)[C@@H]1CCCN(C2=NS(=O)(=O)c3ccccc32)C1. The first-order valence-electron chi connectivity index (χ1n) is 9.24. The molecule has 0 aliphatic carbocycles. The number of benzene rings is 1. The lowest BCUT2D eigenvalue weighted by molar-refractivity contribution is -0.154. The number of hydrogen-bond acceptors (Lipinski definition) is 6. The third kappa shape index (κ3) is 4.52. The van der Waals surface area contributed by atoms with Crippen LogP contribution in [0.4, 0.5) is 0 Å². The second kappa shape index (κ2) is 7.54. The number of amides is 1. The number of nitrogens with one attached hydrogen (secondary N) is 1. The van der Waals surface area contributed by atoms with Gasteiger partial charge in [0.05, 0.1) is 5.92 Å². The summed E-state index contributed by atoms with van der Waals surface area (Å²) in [5.74, 6) is -0.870. The van der Waals surface area contributed by atoms with Gasteiger partial charge in [0.25, 0.3) is 15.9 Å². The van der Waals surface area contributed by atoms with Crippen LogP contribution in [-0.4, -0.2) is 56.3 Å². The van der Waals surface area contributed by atoms with Crippen molar-refractivity contribution in [2.24, 2.45) is 10.3 Å². The quantitative estimate of drug-likeness (QED) is 0.758. The summed E-state index contributed by atoms with van der Waals surface area (Å²) in [6, 6.07) is 6.68. The number of likely N-dealkylation sites (tertiary alicyclic amines) is 1. The Hall–Kier alpha value is -2.42. The average molecular weight is 407 g/mol. The molecule has 0 radical (unpaired) electrons. The molecule has 1 amide bonds. The minimum atomic E-state index is -3.70. The fourth-order valence-corrected chi connectivity index (χ4v) is 4.61. The van der Waals surface area contributed by atoms with Crippen LogP contribution in [0.25, 0.3) is 0 Å². The third-order valence-corrected chi connectivity index (χ3v) is 5.85. The average Bonchev–Trinajstić information content (AvgIpc) is 2.90. The van der Waals surface area contributed by atoms with E-state index in [1.54, 1.807) is 18.2 Å². The molecule has 8 nitrogen and oxygen atoms in total. The molecule has 2 aliphatic heterocycles. The van der Waals surface area contributed by atoms with Gasteiger partial charge >= 0.3 is 5.97 Å². The molecule has 0 spiro atoms. The Kier molecular flexibility index (Phi) is 5.47. The number of amidine groups is 1. The number of hydrogen-bond donors (Lipinski definition) is 1. The van der Waals surface area contributed by atoms with Crippen LogP contribution < -0.4 is 5.32 Å². The standard InChI is InChI=1S/C19H25N3O5S/c1-19(2,3)20-16(23)12-27-18(24)13-7-6-10-22(11-13)17-14-8-4-5-9-15(14)28(25,26)21-17/h4-5,8-9,13H,6-7,10-12H2,1-3H3,(H,20,23)/t13-/m1/s1. The number of ether oxygens (including phenoxy) is 1. The molecule has 152 valence electrons. The fraction of sp³-hybridized carbons (Fsp3) is 0.526. The Morgan fingerprint density at radius 2 is 2.00 bits per heavy atom. The first-order valence-corrected chi connectivity index (χ1v) is 10.7. The van der Waals surface area contributed by atoms with E-state index in [4.69, 9.17) is 4.74 Å². The van der Waals surface area contributed by atoms with Crippen molar-refractivity contribution >= 4 is 27.7 Å². The van der Waals surface area contributed by atoms with Crippen molar-refractivity contribution in [1.82, 2.24) is 10.2 Å². The number of esters is 1. The van der Waals surface area contributed by atoms with Gasteiger partial charge in [0.1, 0.15) is 4.90 Å². The minimum absolute atomic E-state index is 0.188. The zero-order valence-corrected chi connectivity index (χ0v) is 17.1. The monoisotopic (exact) mass is 407 g/mol. The van der Waals surface area contributed by atoms with Gasteiger partial charge in [-0.3, -0.25) is 9.59 Å². The molecule has 0 aromatic heterocycles. The molecule has 0 unspecified atom stereocenters. The Morgan fingerprint density at radius 3 is 2.71 bits per heavy atom. The number of fused-ring (bicyclic) bond motifs is 1. The zero-order chi connectivity index (χ0) is 20.5. The zero-order valence-electron chi connectivity index (χ0n) is 16.3. The summed E-state index contributed by atoms with van der Waals surface area (Å²) in [7, 11) is -3.70. The van der Waals surface area contributed by atoms with E-state index in [0.717, 1.165) is 0 Å². The first-order chi connectivity index (χ1) is 13.1. The van der Waals surface area contributed by atoms with E-state index in [2.05, 4.69) is 9.71 Å². The van der Waals surface area contributed by atoms with Crippen LogP contribution in [0.5, 0.6) is 0 Å². The number of sulfonamides is 1. The smallest absolute Gasteiger partial charge is 0.311 e. The van der Waals surface area contributed by atoms with E-state index in [-0.39, 0.29) is 17.4 Å². The number of carbonyl (C=O) groups excluding carboxylic acids is 2. The van der Waals surface area contributed by atoms with Crippen molar-refractivity contribution in [3.63, 3.8) is 0 Å². The molecule has 1 aromatic carbocycles. The lowest BCUT2D eigenvalue weighted by atomic mass is 9.97. The molecule has 0 bridgehead atoms. The Bertz CT molecular complexity index is 918. The second-order valence-electron chi connectivity index (χ2n) is 8.08. The van der Waals surface area contributed by atoms with Crippen LogP contribution in [0.15, 0.2) is 33.6 Å². The largest absolute Gasteiger partial charge is 0.455 e. The van der Waals surface area contributed by atoms with Crippen molar-refractivity contribution in [2.75, 3.05) is 19.7 Å². The van der Waals surface area contributed by atoms with Crippen molar-refractivity contribution in [3.05, 3.63) is 29.8 Å². The molecular formula is C19H25N3O5S. The Labute approximate surface area is 165 Å². The van der Waals surface area contributed by atoms with Crippen LogP contribution in [-0.2, 0) is 24.3 Å². The lowest BCUT2D eigenvalue weighted by Gasteiger charge is -2.33. The van der Waals surface area contributed by atoms with Gasteiger partial charge in [0, 0.05) is 24.2 Å². The molecule has 1 fully saturated rings. The summed E-state index contributed by atoms with van der Waals surface area (Å²) in [6.45, 7) is 6.13. The normalized spacial score (nSPS) is 20.9. The van der Waals surface area contributed by atoms with Gasteiger partial charge in [-0.2, -0.15) is 8.42 Å². The third-order valence-electron chi connectivity index (χ3n) is 4.53. The van der Waals surface area contributed by atoms with Crippen LogP contribution in [0.2, 0.25) is 0 Å². The molecule has 0 saturated carbocycles. The summed E-state index contributed by atoms with van der Waals surface area (Å²) in [6.07, 6.45) is 1.33. The summed E-state index contributed by atoms with van der Waals surface area (Å²) >= 11 is 0. The predicted octanol–water partition coefficient (Wildman–Crippen LogP) is 1.31. The summed E-state index contributed by atoms with van der Waals surface area (Å²) in [4.78, 5) is 26.3. The fourth-order valence-electron chi connectivity index (χ4n) is 3.39. The summed E-state index contributed by atoms with van der Waals surface area (Å²) in [5, 5.41) is 2.74. The molecule has 1 atom stereocenters. The molecule has 2 aliphatic rings. The van der Waals surface area contributed by atoms with E-state index < -0.39 is 27.4 Å². The van der Waals surface area contributed by atoms with E-state index in [0.29, 0.717) is 37.3 Å². The van der Waals surface area contributed by atoms with Crippen molar-refractivity contribution < 1.29 is 22.7 Å². The van der Waals surface area contributed by atoms with Crippen LogP contribution in [0.3, 0.4) is 0 Å². The number of carbonyl (C=O) groups is 2. The van der Waals surface area contributed by atoms with Gasteiger partial charge in [-0.05, 0) is 45.7 Å². The highest BCUT2D eigenvalue weighted by atomic mass is 32.2. The first kappa shape index (κ1) is 20.3. The van der Waals surface area contributed by atoms with E-state index in [9.17, 15) is 18.0 Å². The molecule has 9 heteroatoms. The molecule has 2 heterocycles. The molecule has 1 N–H and O–H groups in total. The Morgan fingerprint density at radius 1 is 1.29 bits per heavy atom. The number of piperidine rings is 1. The van der Waals surface area contributed by atoms with E-state index >= 15 is 0 Å². The molecular weight excluding hydrogens is 382 g/mol. The van der Waals surface area contributed by atoms with Crippen molar-refractivity contribution in [3.8, 4) is 0 Å². The van der Waals surface area contributed by atoms with Gasteiger partial charge in [0.15, 0.2) is 12.4 Å². The molecule has 1 aromatic rings. The number of rotatable bonds is 3. The van der Waals surface area contributed by atoms with E-state index in [1.165, 1.54) is 6.07 Å². The molecule has 1 saturated heterocycles. The predicted molar refractivity (Wildman–Crippen MR) is 103 cm³/mol. The second-order valence-corrected chi connectivity index (χ2v) is 9.65. The number of nitrogens with zero attached hydrogens (tertiary/aromatic N) is 2.